The van der Waals surface area contributed by atoms with Crippen LogP contribution in [0.3, 0.4) is 0 Å². The third-order valence-corrected chi connectivity index (χ3v) is 6.12. The van der Waals surface area contributed by atoms with Gasteiger partial charge in [-0.3, -0.25) is 4.90 Å². The monoisotopic (exact) mass is 479 g/mol. The molecule has 1 unspecified atom stereocenters. The molecule has 4 aromatic rings. The minimum absolute atomic E-state index is 0.473. The second-order valence-electron chi connectivity index (χ2n) is 8.07. The molecule has 0 saturated carbocycles. The summed E-state index contributed by atoms with van der Waals surface area (Å²) in [6.45, 7) is 0. The number of hydrogen-bond donors (Lipinski definition) is 1. The summed E-state index contributed by atoms with van der Waals surface area (Å²) in [5.74, 6) is 0. The molecule has 0 bridgehead atoms. The molecule has 1 aliphatic heterocycles. The Morgan fingerprint density at radius 1 is 0.686 bits per heavy atom. The van der Waals surface area contributed by atoms with E-state index in [2.05, 4.69) is 5.32 Å². The molecule has 1 aliphatic rings. The summed E-state index contributed by atoms with van der Waals surface area (Å²) in [7, 11) is 0. The normalized spacial score (nSPS) is 18.1. The number of urea groups is 2. The topological polar surface area (TPSA) is 52.7 Å². The highest BCUT2D eigenvalue weighted by Crippen LogP contribution is 2.38. The molecule has 172 valence electrons. The fourth-order valence-electron chi connectivity index (χ4n) is 4.21. The number of amides is 4. The maximum absolute atomic E-state index is 14.1. The summed E-state index contributed by atoms with van der Waals surface area (Å²) < 4.78 is 0. The molecular formula is C29H22ClN3O2. The van der Waals surface area contributed by atoms with Crippen LogP contribution in [0.25, 0.3) is 6.08 Å². The Morgan fingerprint density at radius 2 is 1.23 bits per heavy atom. The zero-order chi connectivity index (χ0) is 24.3. The summed E-state index contributed by atoms with van der Waals surface area (Å²) in [5, 5.41) is 3.68. The highest BCUT2D eigenvalue weighted by molar-refractivity contribution is 6.30. The van der Waals surface area contributed by atoms with E-state index in [0.717, 1.165) is 10.5 Å². The third-order valence-electron chi connectivity index (χ3n) is 5.87. The Bertz CT molecular complexity index is 1360. The zero-order valence-electron chi connectivity index (χ0n) is 18.7. The maximum Gasteiger partial charge on any atom is 0.339 e. The van der Waals surface area contributed by atoms with E-state index in [1.54, 1.807) is 41.3 Å². The van der Waals surface area contributed by atoms with Crippen LogP contribution >= 0.6 is 11.6 Å². The maximum atomic E-state index is 14.1. The van der Waals surface area contributed by atoms with Gasteiger partial charge >= 0.3 is 12.1 Å². The molecule has 0 aromatic heterocycles. The second-order valence-corrected chi connectivity index (χ2v) is 8.51. The first kappa shape index (κ1) is 22.4. The molecule has 5 rings (SSSR count). The minimum atomic E-state index is -1.30. The molecule has 1 atom stereocenters. The van der Waals surface area contributed by atoms with Crippen molar-refractivity contribution in [1.82, 2.24) is 5.32 Å². The number of para-hydroxylation sites is 2. The molecule has 1 saturated heterocycles. The van der Waals surface area contributed by atoms with Gasteiger partial charge in [-0.1, -0.05) is 96.5 Å². The Kier molecular flexibility index (Phi) is 6.08. The number of benzene rings is 4. The van der Waals surface area contributed by atoms with Crippen molar-refractivity contribution in [1.29, 1.82) is 0 Å². The van der Waals surface area contributed by atoms with Gasteiger partial charge in [-0.15, -0.1) is 0 Å². The van der Waals surface area contributed by atoms with Gasteiger partial charge < -0.3 is 5.32 Å². The van der Waals surface area contributed by atoms with Gasteiger partial charge in [0.15, 0.2) is 5.66 Å². The Morgan fingerprint density at radius 3 is 1.83 bits per heavy atom. The second kappa shape index (κ2) is 9.49. The van der Waals surface area contributed by atoms with Gasteiger partial charge in [0.2, 0.25) is 0 Å². The van der Waals surface area contributed by atoms with Crippen molar-refractivity contribution >= 4 is 41.1 Å². The van der Waals surface area contributed by atoms with Gasteiger partial charge in [0.25, 0.3) is 0 Å². The van der Waals surface area contributed by atoms with Crippen LogP contribution in [0.5, 0.6) is 0 Å². The molecule has 1 heterocycles. The van der Waals surface area contributed by atoms with Crippen molar-refractivity contribution in [3.63, 3.8) is 0 Å². The molecule has 1 fully saturated rings. The van der Waals surface area contributed by atoms with Crippen LogP contribution in [0.2, 0.25) is 5.02 Å². The molecule has 35 heavy (non-hydrogen) atoms. The van der Waals surface area contributed by atoms with Crippen molar-refractivity contribution in [3.05, 3.63) is 137 Å². The lowest BCUT2D eigenvalue weighted by Gasteiger charge is -2.48. The van der Waals surface area contributed by atoms with Gasteiger partial charge in [-0.05, 0) is 48.0 Å². The van der Waals surface area contributed by atoms with Crippen LogP contribution in [-0.4, -0.2) is 12.1 Å². The number of carbonyl (C=O) groups is 2. The van der Waals surface area contributed by atoms with Crippen LogP contribution in [0, 0.1) is 0 Å². The van der Waals surface area contributed by atoms with E-state index >= 15 is 0 Å². The Hall–Kier alpha value is -4.35. The minimum Gasteiger partial charge on any atom is -0.306 e. The number of carbonyl (C=O) groups excluding carboxylic acids is 2. The van der Waals surface area contributed by atoms with Crippen molar-refractivity contribution in [2.24, 2.45) is 0 Å². The first-order chi connectivity index (χ1) is 17.1. The average Bonchev–Trinajstić information content (AvgIpc) is 2.89. The molecule has 6 heteroatoms. The van der Waals surface area contributed by atoms with E-state index in [4.69, 9.17) is 11.6 Å². The SMILES string of the molecule is O=C1NC(/C=C/c2ccccc2)(c2ccc(Cl)cc2)N(c2ccccc2)C(=O)N1c1ccccc1. The highest BCUT2D eigenvalue weighted by atomic mass is 35.5. The van der Waals surface area contributed by atoms with Crippen LogP contribution in [-0.2, 0) is 5.66 Å². The van der Waals surface area contributed by atoms with Crippen molar-refractivity contribution in [2.45, 2.75) is 5.66 Å². The Balaban J connectivity index is 1.73. The Labute approximate surface area is 208 Å². The average molecular weight is 480 g/mol. The van der Waals surface area contributed by atoms with E-state index in [1.165, 1.54) is 0 Å². The predicted octanol–water partition coefficient (Wildman–Crippen LogP) is 7.06. The van der Waals surface area contributed by atoms with Crippen molar-refractivity contribution < 1.29 is 9.59 Å². The van der Waals surface area contributed by atoms with Gasteiger partial charge in [0.05, 0.1) is 5.69 Å². The van der Waals surface area contributed by atoms with E-state index in [1.807, 2.05) is 91.0 Å². The number of halogens is 1. The summed E-state index contributed by atoms with van der Waals surface area (Å²) in [6.07, 6.45) is 3.74. The molecular weight excluding hydrogens is 458 g/mol. The fraction of sp³-hybridized carbons (Fsp3) is 0.0345. The number of anilines is 2. The molecule has 0 spiro atoms. The molecule has 0 aliphatic carbocycles. The van der Waals surface area contributed by atoms with E-state index < -0.39 is 17.7 Å². The number of hydrogen-bond acceptors (Lipinski definition) is 2. The van der Waals surface area contributed by atoms with Gasteiger partial charge in [0, 0.05) is 16.3 Å². The zero-order valence-corrected chi connectivity index (χ0v) is 19.5. The lowest BCUT2D eigenvalue weighted by atomic mass is 9.93. The van der Waals surface area contributed by atoms with E-state index in [9.17, 15) is 9.59 Å². The molecule has 4 amide bonds. The lowest BCUT2D eigenvalue weighted by molar-refractivity contribution is 0.215. The first-order valence-electron chi connectivity index (χ1n) is 11.2. The summed E-state index contributed by atoms with van der Waals surface area (Å²) in [6, 6.07) is 34.0. The summed E-state index contributed by atoms with van der Waals surface area (Å²) >= 11 is 6.19. The van der Waals surface area contributed by atoms with Gasteiger partial charge in [-0.2, -0.15) is 0 Å². The largest absolute Gasteiger partial charge is 0.339 e. The number of imide groups is 1. The van der Waals surface area contributed by atoms with Crippen LogP contribution in [0.15, 0.2) is 121 Å². The standard InChI is InChI=1S/C29H22ClN3O2/c30-24-18-16-23(17-19-24)29(21-20-22-10-4-1-5-11-22)31-27(34)32(25-12-6-2-7-13-25)28(35)33(29)26-14-8-3-9-15-26/h1-21H,(H,31,34)/b21-20+. The van der Waals surface area contributed by atoms with Crippen molar-refractivity contribution in [2.75, 3.05) is 9.80 Å². The summed E-state index contributed by atoms with van der Waals surface area (Å²) in [4.78, 5) is 30.4. The molecule has 4 aromatic carbocycles. The first-order valence-corrected chi connectivity index (χ1v) is 11.5. The quantitative estimate of drug-likeness (QED) is 0.333. The fourth-order valence-corrected chi connectivity index (χ4v) is 4.33. The lowest BCUT2D eigenvalue weighted by Crippen LogP contribution is -2.70. The number of nitrogens with one attached hydrogen (secondary N) is 1. The smallest absolute Gasteiger partial charge is 0.306 e. The molecule has 1 N–H and O–H groups in total. The van der Waals surface area contributed by atoms with E-state index in [0.29, 0.717) is 22.0 Å². The van der Waals surface area contributed by atoms with Gasteiger partial charge in [0.1, 0.15) is 0 Å². The molecule has 5 nitrogen and oxygen atoms in total. The van der Waals surface area contributed by atoms with Crippen LogP contribution < -0.4 is 15.1 Å². The van der Waals surface area contributed by atoms with Crippen LogP contribution in [0.1, 0.15) is 11.1 Å². The predicted molar refractivity (Wildman–Crippen MR) is 140 cm³/mol. The van der Waals surface area contributed by atoms with Gasteiger partial charge in [-0.25, -0.2) is 14.5 Å². The highest BCUT2D eigenvalue weighted by Gasteiger charge is 2.50. The molecule has 0 radical (unpaired) electrons. The summed E-state index contributed by atoms with van der Waals surface area (Å²) in [5.41, 5.74) is 1.42. The van der Waals surface area contributed by atoms with Crippen LogP contribution in [0.4, 0.5) is 21.0 Å². The number of nitrogens with zero attached hydrogens (tertiary/aromatic N) is 2. The third kappa shape index (κ3) is 4.29. The van der Waals surface area contributed by atoms with E-state index in [-0.39, 0.29) is 0 Å². The van der Waals surface area contributed by atoms with Crippen molar-refractivity contribution in [3.8, 4) is 0 Å². The number of rotatable bonds is 5.